The van der Waals surface area contributed by atoms with Crippen LogP contribution in [0.25, 0.3) is 0 Å². The molecule has 1 aromatic carbocycles. The lowest BCUT2D eigenvalue weighted by Crippen LogP contribution is -2.22. The molecular weight excluding hydrogens is 308 g/mol. The molecule has 2 rings (SSSR count). The Hall–Kier alpha value is -1.51. The molecule has 1 N–H and O–H groups in total. The topological polar surface area (TPSA) is 75.2 Å². The van der Waals surface area contributed by atoms with Gasteiger partial charge in [-0.1, -0.05) is 23.5 Å². The minimum Gasteiger partial charge on any atom is -0.354 e. The van der Waals surface area contributed by atoms with E-state index in [0.717, 1.165) is 15.7 Å². The van der Waals surface area contributed by atoms with Crippen LogP contribution in [0.2, 0.25) is 0 Å². The molecule has 0 saturated heterocycles. The smallest absolute Gasteiger partial charge is 0.242 e. The second-order valence-corrected chi connectivity index (χ2v) is 8.18. The van der Waals surface area contributed by atoms with Gasteiger partial charge in [0.2, 0.25) is 15.2 Å². The first-order valence-corrected chi connectivity index (χ1v) is 8.65. The van der Waals surface area contributed by atoms with Gasteiger partial charge in [-0.15, -0.1) is 10.2 Å². The average Bonchev–Trinajstić information content (AvgIpc) is 2.84. The van der Waals surface area contributed by atoms with Crippen molar-refractivity contribution in [1.82, 2.24) is 14.5 Å². The van der Waals surface area contributed by atoms with E-state index >= 15 is 0 Å². The summed E-state index contributed by atoms with van der Waals surface area (Å²) in [4.78, 5) is 0.287. The summed E-state index contributed by atoms with van der Waals surface area (Å²) in [7, 11) is -0.344. The van der Waals surface area contributed by atoms with Crippen molar-refractivity contribution in [1.29, 1.82) is 0 Å². The van der Waals surface area contributed by atoms with E-state index in [2.05, 4.69) is 15.5 Å². The normalized spacial score (nSPS) is 13.4. The van der Waals surface area contributed by atoms with Crippen LogP contribution in [0.1, 0.15) is 23.5 Å². The summed E-state index contributed by atoms with van der Waals surface area (Å²) in [5.74, 6) is 0. The van der Waals surface area contributed by atoms with E-state index < -0.39 is 10.0 Å². The van der Waals surface area contributed by atoms with E-state index in [-0.39, 0.29) is 10.9 Å². The zero-order chi connectivity index (χ0) is 15.6. The predicted octanol–water partition coefficient (Wildman–Crippen LogP) is 2.27. The molecule has 0 radical (unpaired) electrons. The third-order valence-corrected chi connectivity index (χ3v) is 5.62. The van der Waals surface area contributed by atoms with E-state index in [1.165, 1.54) is 29.7 Å². The van der Waals surface area contributed by atoms with E-state index in [1.807, 2.05) is 26.0 Å². The maximum atomic E-state index is 12.0. The summed E-state index contributed by atoms with van der Waals surface area (Å²) in [6.07, 6.45) is 0. The molecule has 1 atom stereocenters. The molecule has 0 saturated carbocycles. The monoisotopic (exact) mass is 326 g/mol. The molecule has 1 unspecified atom stereocenters. The number of benzene rings is 1. The summed E-state index contributed by atoms with van der Waals surface area (Å²) in [6.45, 7) is 3.89. The number of hydrogen-bond acceptors (Lipinski definition) is 6. The molecule has 8 heteroatoms. The number of aromatic nitrogens is 2. The summed E-state index contributed by atoms with van der Waals surface area (Å²) in [5.41, 5.74) is 0.987. The lowest BCUT2D eigenvalue weighted by atomic mass is 10.1. The number of nitrogens with zero attached hydrogens (tertiary/aromatic N) is 3. The van der Waals surface area contributed by atoms with E-state index in [0.29, 0.717) is 0 Å². The van der Waals surface area contributed by atoms with Crippen molar-refractivity contribution >= 4 is 26.5 Å². The highest BCUT2D eigenvalue weighted by molar-refractivity contribution is 7.89. The minimum atomic E-state index is -3.38. The van der Waals surface area contributed by atoms with Gasteiger partial charge in [0.15, 0.2) is 0 Å². The Morgan fingerprint density at radius 1 is 1.19 bits per heavy atom. The van der Waals surface area contributed by atoms with Gasteiger partial charge in [0.05, 0.1) is 10.9 Å². The van der Waals surface area contributed by atoms with Crippen molar-refractivity contribution in [3.8, 4) is 0 Å². The van der Waals surface area contributed by atoms with Crippen molar-refractivity contribution in [2.75, 3.05) is 19.4 Å². The molecule has 114 valence electrons. The molecule has 0 spiro atoms. The molecular formula is C13H18N4O2S2. The summed E-state index contributed by atoms with van der Waals surface area (Å²) >= 11 is 1.49. The Kier molecular flexibility index (Phi) is 4.60. The van der Waals surface area contributed by atoms with E-state index in [9.17, 15) is 8.42 Å². The van der Waals surface area contributed by atoms with Gasteiger partial charge in [0.1, 0.15) is 5.01 Å². The molecule has 2 aromatic rings. The van der Waals surface area contributed by atoms with Crippen LogP contribution in [-0.2, 0) is 10.0 Å². The summed E-state index contributed by atoms with van der Waals surface area (Å²) in [5, 5.41) is 12.9. The molecule has 0 bridgehead atoms. The molecule has 1 heterocycles. The Morgan fingerprint density at radius 2 is 1.81 bits per heavy atom. The number of aryl methyl sites for hydroxylation is 1. The SMILES string of the molecule is Cc1nnc(NC(C)c2ccc(S(=O)(=O)N(C)C)cc2)s1. The molecule has 6 nitrogen and oxygen atoms in total. The molecule has 0 aliphatic heterocycles. The molecule has 0 fully saturated rings. The largest absolute Gasteiger partial charge is 0.354 e. The highest BCUT2D eigenvalue weighted by atomic mass is 32.2. The lowest BCUT2D eigenvalue weighted by Gasteiger charge is -2.15. The number of sulfonamides is 1. The van der Waals surface area contributed by atoms with Gasteiger partial charge in [0.25, 0.3) is 0 Å². The Bertz CT molecular complexity index is 708. The van der Waals surface area contributed by atoms with Gasteiger partial charge >= 0.3 is 0 Å². The van der Waals surface area contributed by atoms with Crippen molar-refractivity contribution in [2.45, 2.75) is 24.8 Å². The van der Waals surface area contributed by atoms with Crippen molar-refractivity contribution in [2.24, 2.45) is 0 Å². The van der Waals surface area contributed by atoms with Crippen LogP contribution in [0.3, 0.4) is 0 Å². The first-order valence-electron chi connectivity index (χ1n) is 6.40. The van der Waals surface area contributed by atoms with Gasteiger partial charge in [-0.25, -0.2) is 12.7 Å². The van der Waals surface area contributed by atoms with E-state index in [4.69, 9.17) is 0 Å². The van der Waals surface area contributed by atoms with Crippen molar-refractivity contribution < 1.29 is 8.42 Å². The highest BCUT2D eigenvalue weighted by Gasteiger charge is 2.17. The fourth-order valence-electron chi connectivity index (χ4n) is 1.76. The van der Waals surface area contributed by atoms with Crippen molar-refractivity contribution in [3.63, 3.8) is 0 Å². The standard InChI is InChI=1S/C13H18N4O2S2/c1-9(14-13-16-15-10(2)20-13)11-5-7-12(8-6-11)21(18,19)17(3)4/h5-9H,1-4H3,(H,14,16). The van der Waals surface area contributed by atoms with Crippen LogP contribution >= 0.6 is 11.3 Å². The van der Waals surface area contributed by atoms with Gasteiger partial charge in [0, 0.05) is 14.1 Å². The zero-order valence-electron chi connectivity index (χ0n) is 12.4. The highest BCUT2D eigenvalue weighted by Crippen LogP contribution is 2.23. The molecule has 0 aliphatic carbocycles. The Morgan fingerprint density at radius 3 is 2.29 bits per heavy atom. The number of hydrogen-bond donors (Lipinski definition) is 1. The van der Waals surface area contributed by atoms with E-state index in [1.54, 1.807) is 12.1 Å². The second-order valence-electron chi connectivity index (χ2n) is 4.85. The number of nitrogens with one attached hydrogen (secondary N) is 1. The Labute approximate surface area is 128 Å². The van der Waals surface area contributed by atoms with Gasteiger partial charge < -0.3 is 5.32 Å². The fraction of sp³-hybridized carbons (Fsp3) is 0.385. The zero-order valence-corrected chi connectivity index (χ0v) is 14.0. The summed E-state index contributed by atoms with van der Waals surface area (Å²) in [6, 6.07) is 6.88. The first kappa shape index (κ1) is 15.9. The Balaban J connectivity index is 2.15. The molecule has 21 heavy (non-hydrogen) atoms. The van der Waals surface area contributed by atoms with Crippen molar-refractivity contribution in [3.05, 3.63) is 34.8 Å². The number of rotatable bonds is 5. The average molecular weight is 326 g/mol. The van der Waals surface area contributed by atoms with Crippen LogP contribution in [0.15, 0.2) is 29.2 Å². The maximum absolute atomic E-state index is 12.0. The third-order valence-electron chi connectivity index (χ3n) is 3.02. The molecule has 1 aromatic heterocycles. The lowest BCUT2D eigenvalue weighted by molar-refractivity contribution is 0.520. The molecule has 0 amide bonds. The van der Waals surface area contributed by atoms with Crippen LogP contribution < -0.4 is 5.32 Å². The quantitative estimate of drug-likeness (QED) is 0.912. The van der Waals surface area contributed by atoms with Gasteiger partial charge in [-0.05, 0) is 31.5 Å². The van der Waals surface area contributed by atoms with Crippen LogP contribution in [-0.4, -0.2) is 37.0 Å². The fourth-order valence-corrected chi connectivity index (χ4v) is 3.34. The van der Waals surface area contributed by atoms with Gasteiger partial charge in [-0.3, -0.25) is 0 Å². The second kappa shape index (κ2) is 6.08. The van der Waals surface area contributed by atoms with Gasteiger partial charge in [-0.2, -0.15) is 0 Å². The summed E-state index contributed by atoms with van der Waals surface area (Å²) < 4.78 is 25.2. The first-order chi connectivity index (χ1) is 9.80. The number of anilines is 1. The van der Waals surface area contributed by atoms with Crippen LogP contribution in [0.4, 0.5) is 5.13 Å². The minimum absolute atomic E-state index is 0.0217. The third kappa shape index (κ3) is 3.58. The van der Waals surface area contributed by atoms with Crippen LogP contribution in [0.5, 0.6) is 0 Å². The molecule has 0 aliphatic rings. The van der Waals surface area contributed by atoms with Crippen LogP contribution in [0, 0.1) is 6.92 Å². The maximum Gasteiger partial charge on any atom is 0.242 e. The predicted molar refractivity (Wildman–Crippen MR) is 84.0 cm³/mol.